The molecule has 0 fully saturated rings. The molecule has 5 nitrogen and oxygen atoms in total. The Morgan fingerprint density at radius 2 is 1.68 bits per heavy atom. The van der Waals surface area contributed by atoms with Crippen molar-refractivity contribution in [2.75, 3.05) is 29.9 Å². The van der Waals surface area contributed by atoms with Crippen molar-refractivity contribution in [1.29, 1.82) is 0 Å². The summed E-state index contributed by atoms with van der Waals surface area (Å²) >= 11 is 0. The third-order valence-electron chi connectivity index (χ3n) is 7.15. The number of ketones is 1. The molecule has 0 spiro atoms. The maximum absolute atomic E-state index is 13.4. The molecule has 1 heterocycles. The Bertz CT molecular complexity index is 1580. The fourth-order valence-corrected chi connectivity index (χ4v) is 5.04. The summed E-state index contributed by atoms with van der Waals surface area (Å²) in [5.41, 5.74) is 6.59. The summed E-state index contributed by atoms with van der Waals surface area (Å²) in [5, 5.41) is 3.49. The number of carbonyl (C=O) groups excluding carboxylic acids is 2. The summed E-state index contributed by atoms with van der Waals surface area (Å²) in [7, 11) is 0. The molecule has 5 heteroatoms. The van der Waals surface area contributed by atoms with Gasteiger partial charge < -0.3 is 15.0 Å². The maximum Gasteiger partial charge on any atom is 0.313 e. The van der Waals surface area contributed by atoms with E-state index in [0.29, 0.717) is 35.7 Å². The van der Waals surface area contributed by atoms with Crippen LogP contribution in [0.2, 0.25) is 0 Å². The van der Waals surface area contributed by atoms with Gasteiger partial charge in [0.05, 0.1) is 24.8 Å². The monoisotopic (exact) mass is 528 g/mol. The Morgan fingerprint density at radius 3 is 2.50 bits per heavy atom. The average molecular weight is 529 g/mol. The Morgan fingerprint density at radius 1 is 0.925 bits per heavy atom. The van der Waals surface area contributed by atoms with Crippen molar-refractivity contribution in [2.24, 2.45) is 0 Å². The quantitative estimate of drug-likeness (QED) is 0.156. The van der Waals surface area contributed by atoms with Gasteiger partial charge in [0.25, 0.3) is 0 Å². The summed E-state index contributed by atoms with van der Waals surface area (Å²) < 4.78 is 5.34. The fourth-order valence-electron chi connectivity index (χ4n) is 5.04. The van der Waals surface area contributed by atoms with Crippen molar-refractivity contribution in [3.8, 4) is 11.8 Å². The predicted molar refractivity (Wildman–Crippen MR) is 160 cm³/mol. The first kappa shape index (κ1) is 26.8. The molecule has 0 saturated carbocycles. The second kappa shape index (κ2) is 12.4. The number of esters is 1. The maximum atomic E-state index is 13.4. The molecule has 1 N–H and O–H groups in total. The third-order valence-corrected chi connectivity index (χ3v) is 7.15. The fraction of sp³-hybridized carbons (Fsp3) is 0.200. The van der Waals surface area contributed by atoms with Crippen LogP contribution in [0.5, 0.6) is 0 Å². The zero-order valence-corrected chi connectivity index (χ0v) is 22.8. The lowest BCUT2D eigenvalue weighted by molar-refractivity contribution is -0.144. The minimum absolute atomic E-state index is 0.0834. The lowest BCUT2D eigenvalue weighted by Gasteiger charge is -2.20. The highest BCUT2D eigenvalue weighted by Crippen LogP contribution is 2.33. The topological polar surface area (TPSA) is 58.6 Å². The van der Waals surface area contributed by atoms with E-state index in [1.165, 1.54) is 11.3 Å². The minimum Gasteiger partial charge on any atom is -0.466 e. The van der Waals surface area contributed by atoms with E-state index >= 15 is 0 Å². The Kier molecular flexibility index (Phi) is 8.27. The number of rotatable bonds is 8. The zero-order chi connectivity index (χ0) is 27.9. The number of nitrogens with one attached hydrogen (secondary N) is 1. The molecule has 0 aromatic heterocycles. The first-order valence-corrected chi connectivity index (χ1v) is 13.6. The number of para-hydroxylation sites is 3. The molecular weight excluding hydrogens is 496 g/mol. The van der Waals surface area contributed by atoms with E-state index in [4.69, 9.17) is 4.74 Å². The molecule has 200 valence electrons. The standard InChI is InChI=1S/C35H32N2O3/c1-3-40-35(39)25(2)29-19-11-16-27(17-12-23-37-24-22-26-13-7-10-21-32(26)37)33(29)36-31-20-9-8-18-30(31)34(38)28-14-5-4-6-15-28/h4-11,13-16,18-21,25,36H,3,22-24H2,1-2H3/t25-/m0/s1. The van der Waals surface area contributed by atoms with Crippen LogP contribution in [0.1, 0.15) is 52.4 Å². The van der Waals surface area contributed by atoms with Crippen molar-refractivity contribution >= 4 is 28.8 Å². The molecule has 0 aliphatic carbocycles. The molecular formula is C35H32N2O3. The molecule has 1 atom stereocenters. The van der Waals surface area contributed by atoms with Gasteiger partial charge in [-0.3, -0.25) is 9.59 Å². The van der Waals surface area contributed by atoms with Crippen LogP contribution in [0.4, 0.5) is 17.1 Å². The van der Waals surface area contributed by atoms with Gasteiger partial charge in [-0.05, 0) is 55.7 Å². The van der Waals surface area contributed by atoms with Gasteiger partial charge in [0.2, 0.25) is 0 Å². The molecule has 0 radical (unpaired) electrons. The first-order chi connectivity index (χ1) is 19.6. The number of hydrogen-bond acceptors (Lipinski definition) is 5. The van der Waals surface area contributed by atoms with Crippen LogP contribution >= 0.6 is 0 Å². The number of ether oxygens (including phenoxy) is 1. The van der Waals surface area contributed by atoms with Crippen molar-refractivity contribution in [3.63, 3.8) is 0 Å². The summed E-state index contributed by atoms with van der Waals surface area (Å²) in [6.45, 7) is 5.47. The van der Waals surface area contributed by atoms with Crippen molar-refractivity contribution in [2.45, 2.75) is 26.2 Å². The lowest BCUT2D eigenvalue weighted by Crippen LogP contribution is -2.20. The van der Waals surface area contributed by atoms with E-state index in [2.05, 4.69) is 46.3 Å². The van der Waals surface area contributed by atoms with Crippen LogP contribution < -0.4 is 10.2 Å². The summed E-state index contributed by atoms with van der Waals surface area (Å²) in [6, 6.07) is 30.8. The summed E-state index contributed by atoms with van der Waals surface area (Å²) in [6.07, 6.45) is 1.02. The average Bonchev–Trinajstić information content (AvgIpc) is 3.41. The molecule has 0 saturated heterocycles. The number of anilines is 3. The minimum atomic E-state index is -0.522. The first-order valence-electron chi connectivity index (χ1n) is 13.6. The number of benzene rings is 4. The largest absolute Gasteiger partial charge is 0.466 e. The highest BCUT2D eigenvalue weighted by Gasteiger charge is 2.23. The van der Waals surface area contributed by atoms with Gasteiger partial charge in [0, 0.05) is 34.6 Å². The molecule has 0 unspecified atom stereocenters. The van der Waals surface area contributed by atoms with E-state index in [-0.39, 0.29) is 11.8 Å². The van der Waals surface area contributed by atoms with Crippen molar-refractivity contribution in [3.05, 3.63) is 125 Å². The number of fused-ring (bicyclic) bond motifs is 1. The van der Waals surface area contributed by atoms with Crippen LogP contribution in [0.15, 0.2) is 97.1 Å². The second-order valence-corrected chi connectivity index (χ2v) is 9.71. The number of carbonyl (C=O) groups is 2. The summed E-state index contributed by atoms with van der Waals surface area (Å²) in [4.78, 5) is 28.5. The molecule has 0 bridgehead atoms. The van der Waals surface area contributed by atoms with E-state index in [1.807, 2.05) is 79.7 Å². The van der Waals surface area contributed by atoms with Gasteiger partial charge in [-0.25, -0.2) is 0 Å². The molecule has 1 aliphatic rings. The van der Waals surface area contributed by atoms with Gasteiger partial charge in [0.15, 0.2) is 5.78 Å². The second-order valence-electron chi connectivity index (χ2n) is 9.71. The normalized spacial score (nSPS) is 12.6. The van der Waals surface area contributed by atoms with Gasteiger partial charge in [-0.2, -0.15) is 0 Å². The predicted octanol–water partition coefficient (Wildman–Crippen LogP) is 6.74. The highest BCUT2D eigenvalue weighted by atomic mass is 16.5. The van der Waals surface area contributed by atoms with E-state index in [9.17, 15) is 9.59 Å². The Labute approximate surface area is 235 Å². The van der Waals surface area contributed by atoms with Crippen LogP contribution in [0, 0.1) is 11.8 Å². The van der Waals surface area contributed by atoms with Crippen molar-refractivity contribution < 1.29 is 14.3 Å². The highest BCUT2D eigenvalue weighted by molar-refractivity contribution is 6.12. The van der Waals surface area contributed by atoms with Crippen LogP contribution in [0.3, 0.4) is 0 Å². The Hall–Kier alpha value is -4.82. The molecule has 40 heavy (non-hydrogen) atoms. The van der Waals surface area contributed by atoms with Crippen LogP contribution in [-0.2, 0) is 16.0 Å². The molecule has 1 aliphatic heterocycles. The van der Waals surface area contributed by atoms with Gasteiger partial charge in [0.1, 0.15) is 0 Å². The van der Waals surface area contributed by atoms with E-state index in [0.717, 1.165) is 24.1 Å². The van der Waals surface area contributed by atoms with Crippen LogP contribution in [-0.4, -0.2) is 31.4 Å². The number of hydrogen-bond donors (Lipinski definition) is 1. The van der Waals surface area contributed by atoms with Gasteiger partial charge in [-0.1, -0.05) is 84.6 Å². The van der Waals surface area contributed by atoms with E-state index < -0.39 is 5.92 Å². The molecule has 0 amide bonds. The smallest absolute Gasteiger partial charge is 0.313 e. The molecule has 4 aromatic rings. The Balaban J connectivity index is 1.51. The third kappa shape index (κ3) is 5.77. The van der Waals surface area contributed by atoms with Gasteiger partial charge >= 0.3 is 5.97 Å². The number of nitrogens with zero attached hydrogens (tertiary/aromatic N) is 1. The lowest BCUT2D eigenvalue weighted by atomic mass is 9.95. The van der Waals surface area contributed by atoms with Crippen LogP contribution in [0.25, 0.3) is 0 Å². The zero-order valence-electron chi connectivity index (χ0n) is 22.8. The summed E-state index contributed by atoms with van der Waals surface area (Å²) in [5.74, 6) is 5.78. The molecule has 5 rings (SSSR count). The van der Waals surface area contributed by atoms with E-state index in [1.54, 1.807) is 6.92 Å². The van der Waals surface area contributed by atoms with Crippen molar-refractivity contribution in [1.82, 2.24) is 0 Å². The SMILES string of the molecule is CCOC(=O)[C@@H](C)c1cccc(C#CCN2CCc3ccccc32)c1Nc1ccccc1C(=O)c1ccccc1. The van der Waals surface area contributed by atoms with Gasteiger partial charge in [-0.15, -0.1) is 0 Å². The molecule has 4 aromatic carbocycles.